The zero-order valence-electron chi connectivity index (χ0n) is 15.3. The zero-order valence-corrected chi connectivity index (χ0v) is 16.1. The average Bonchev–Trinajstić information content (AvgIpc) is 2.95. The molecule has 2 rings (SSSR count). The number of thiocarbonyl (C=S) groups is 1. The number of nitrogens with one attached hydrogen (secondary N) is 2. The summed E-state index contributed by atoms with van der Waals surface area (Å²) in [5.41, 5.74) is 7.48. The summed E-state index contributed by atoms with van der Waals surface area (Å²) in [7, 11) is 0. The average molecular weight is 372 g/mol. The van der Waals surface area contributed by atoms with Crippen molar-refractivity contribution in [3.8, 4) is 0 Å². The molecule has 0 saturated heterocycles. The fourth-order valence-corrected chi connectivity index (χ4v) is 2.75. The van der Waals surface area contributed by atoms with Gasteiger partial charge in [-0.15, -0.1) is 0 Å². The summed E-state index contributed by atoms with van der Waals surface area (Å²) >= 11 is 5.31. The van der Waals surface area contributed by atoms with E-state index in [0.29, 0.717) is 22.3 Å². The number of hydrogen-bond donors (Lipinski definition) is 2. The van der Waals surface area contributed by atoms with Crippen LogP contribution in [0.1, 0.15) is 41.6 Å². The molecule has 0 aliphatic carbocycles. The molecule has 0 unspecified atom stereocenters. The molecule has 0 bridgehead atoms. The number of nitrogens with zero attached hydrogens (tertiary/aromatic N) is 1. The van der Waals surface area contributed by atoms with Gasteiger partial charge in [0.25, 0.3) is 0 Å². The first-order valence-electron chi connectivity index (χ1n) is 8.25. The molecule has 1 heterocycles. The monoisotopic (exact) mass is 372 g/mol. The van der Waals surface area contributed by atoms with Gasteiger partial charge in [-0.25, -0.2) is 0 Å². The zero-order chi connectivity index (χ0) is 19.3. The van der Waals surface area contributed by atoms with Gasteiger partial charge in [-0.3, -0.25) is 5.43 Å². The van der Waals surface area contributed by atoms with Gasteiger partial charge in [-0.2, -0.15) is 5.10 Å². The van der Waals surface area contributed by atoms with Crippen LogP contribution in [-0.2, 0) is 11.2 Å². The summed E-state index contributed by atoms with van der Waals surface area (Å²) in [6.07, 6.45) is 0.209. The lowest BCUT2D eigenvalue weighted by atomic mass is 10.1. The number of carbonyl (C=O) groups excluding carboxylic acids is 1. The highest BCUT2D eigenvalue weighted by molar-refractivity contribution is 7.80. The molecular formula is C19H22N3O3S-. The molecule has 0 fully saturated rings. The second-order valence-electron chi connectivity index (χ2n) is 6.08. The number of rotatable bonds is 6. The lowest BCUT2D eigenvalue weighted by molar-refractivity contribution is -0.305. The Bertz CT molecular complexity index is 835. The van der Waals surface area contributed by atoms with Gasteiger partial charge in [0, 0.05) is 23.6 Å². The van der Waals surface area contributed by atoms with Crippen molar-refractivity contribution in [2.24, 2.45) is 5.10 Å². The minimum absolute atomic E-state index is 0.0788. The molecule has 1 aromatic heterocycles. The van der Waals surface area contributed by atoms with Crippen LogP contribution in [0.3, 0.4) is 0 Å². The van der Waals surface area contributed by atoms with Gasteiger partial charge >= 0.3 is 0 Å². The van der Waals surface area contributed by atoms with E-state index < -0.39 is 5.97 Å². The van der Waals surface area contributed by atoms with E-state index >= 15 is 0 Å². The molecule has 0 aliphatic rings. The standard InChI is InChI=1S/C19H23N3O3S/c1-11-6-5-7-12(2)18(11)20-19(26)22-21-13(3)16-10-15(25-14(16)4)8-9-17(23)24/h5-7,10H,8-9H2,1-4H3,(H,23,24)(H2,20,22,26)/p-1/b21-13-. The minimum Gasteiger partial charge on any atom is -0.550 e. The number of carboxylic acid groups (broad SMARTS) is 1. The Labute approximate surface area is 158 Å². The Balaban J connectivity index is 2.03. The number of aliphatic carboxylic acids is 1. The van der Waals surface area contributed by atoms with Crippen LogP contribution in [0.25, 0.3) is 0 Å². The fraction of sp³-hybridized carbons (Fsp3) is 0.316. The Morgan fingerprint density at radius 1 is 1.27 bits per heavy atom. The summed E-state index contributed by atoms with van der Waals surface area (Å²) in [4.78, 5) is 10.6. The molecule has 0 saturated carbocycles. The highest BCUT2D eigenvalue weighted by Crippen LogP contribution is 2.19. The summed E-state index contributed by atoms with van der Waals surface area (Å²) in [5, 5.41) is 18.4. The van der Waals surface area contributed by atoms with E-state index in [-0.39, 0.29) is 12.8 Å². The number of aryl methyl sites for hydroxylation is 4. The maximum atomic E-state index is 10.6. The number of anilines is 1. The third kappa shape index (κ3) is 5.16. The van der Waals surface area contributed by atoms with Gasteiger partial charge in [0.2, 0.25) is 0 Å². The lowest BCUT2D eigenvalue weighted by Gasteiger charge is -2.13. The van der Waals surface area contributed by atoms with Gasteiger partial charge in [-0.1, -0.05) is 18.2 Å². The van der Waals surface area contributed by atoms with Crippen LogP contribution < -0.4 is 15.8 Å². The number of para-hydroxylation sites is 1. The molecule has 0 atom stereocenters. The molecule has 2 N–H and O–H groups in total. The first kappa shape index (κ1) is 19.7. The molecule has 26 heavy (non-hydrogen) atoms. The molecule has 0 amide bonds. The van der Waals surface area contributed by atoms with Crippen LogP contribution in [0.15, 0.2) is 33.8 Å². The topological polar surface area (TPSA) is 89.7 Å². The number of hydrogen-bond acceptors (Lipinski definition) is 5. The van der Waals surface area contributed by atoms with E-state index in [4.69, 9.17) is 16.6 Å². The first-order valence-corrected chi connectivity index (χ1v) is 8.65. The van der Waals surface area contributed by atoms with Crippen molar-refractivity contribution >= 4 is 34.7 Å². The number of hydrazone groups is 1. The predicted octanol–water partition coefficient (Wildman–Crippen LogP) is 2.60. The van der Waals surface area contributed by atoms with Crippen LogP contribution in [-0.4, -0.2) is 16.8 Å². The third-order valence-corrected chi connectivity index (χ3v) is 4.17. The molecule has 7 heteroatoms. The van der Waals surface area contributed by atoms with Gasteiger partial charge in [0.1, 0.15) is 11.5 Å². The van der Waals surface area contributed by atoms with Gasteiger partial charge in [-0.05, 0) is 63.5 Å². The summed E-state index contributed by atoms with van der Waals surface area (Å²) in [6.45, 7) is 7.66. The smallest absolute Gasteiger partial charge is 0.191 e. The SMILES string of the molecule is C/C(=N/NC(=S)Nc1c(C)cccc1C)c1cc(CCC(=O)[O-])oc1C. The van der Waals surface area contributed by atoms with Crippen molar-refractivity contribution in [1.29, 1.82) is 0 Å². The second kappa shape index (κ2) is 8.62. The highest BCUT2D eigenvalue weighted by atomic mass is 32.1. The summed E-state index contributed by atoms with van der Waals surface area (Å²) in [5.74, 6) is 0.165. The molecule has 6 nitrogen and oxygen atoms in total. The van der Waals surface area contributed by atoms with Crippen LogP contribution >= 0.6 is 12.2 Å². The normalized spacial score (nSPS) is 11.3. The molecule has 138 valence electrons. The molecular weight excluding hydrogens is 350 g/mol. The van der Waals surface area contributed by atoms with E-state index in [1.807, 2.05) is 45.9 Å². The Morgan fingerprint density at radius 2 is 1.92 bits per heavy atom. The van der Waals surface area contributed by atoms with Gasteiger partial charge < -0.3 is 19.6 Å². The molecule has 2 aromatic rings. The summed E-state index contributed by atoms with van der Waals surface area (Å²) in [6, 6.07) is 7.81. The van der Waals surface area contributed by atoms with Crippen LogP contribution in [0.4, 0.5) is 5.69 Å². The number of benzene rings is 1. The minimum atomic E-state index is -1.10. The second-order valence-corrected chi connectivity index (χ2v) is 6.49. The molecule has 0 radical (unpaired) electrons. The van der Waals surface area contributed by atoms with Gasteiger partial charge in [0.15, 0.2) is 5.11 Å². The van der Waals surface area contributed by atoms with Crippen LogP contribution in [0.5, 0.6) is 0 Å². The van der Waals surface area contributed by atoms with Crippen molar-refractivity contribution in [2.75, 3.05) is 5.32 Å². The fourth-order valence-electron chi connectivity index (χ4n) is 2.60. The Kier molecular flexibility index (Phi) is 6.52. The van der Waals surface area contributed by atoms with Crippen molar-refractivity contribution in [2.45, 2.75) is 40.5 Å². The third-order valence-electron chi connectivity index (χ3n) is 3.98. The van der Waals surface area contributed by atoms with E-state index in [2.05, 4.69) is 15.8 Å². The van der Waals surface area contributed by atoms with E-state index in [9.17, 15) is 9.90 Å². The van der Waals surface area contributed by atoms with Crippen LogP contribution in [0, 0.1) is 20.8 Å². The molecule has 1 aromatic carbocycles. The number of carboxylic acids is 1. The predicted molar refractivity (Wildman–Crippen MR) is 104 cm³/mol. The van der Waals surface area contributed by atoms with E-state index in [0.717, 1.165) is 22.4 Å². The van der Waals surface area contributed by atoms with E-state index in [1.165, 1.54) is 0 Å². The maximum Gasteiger partial charge on any atom is 0.191 e. The Morgan fingerprint density at radius 3 is 2.54 bits per heavy atom. The van der Waals surface area contributed by atoms with Crippen molar-refractivity contribution in [3.05, 3.63) is 52.5 Å². The van der Waals surface area contributed by atoms with E-state index in [1.54, 1.807) is 6.07 Å². The summed E-state index contributed by atoms with van der Waals surface area (Å²) < 4.78 is 5.57. The largest absolute Gasteiger partial charge is 0.550 e. The van der Waals surface area contributed by atoms with Crippen molar-refractivity contribution in [3.63, 3.8) is 0 Å². The van der Waals surface area contributed by atoms with Gasteiger partial charge in [0.05, 0.1) is 5.71 Å². The Hall–Kier alpha value is -2.67. The maximum absolute atomic E-state index is 10.6. The number of furan rings is 1. The highest BCUT2D eigenvalue weighted by Gasteiger charge is 2.11. The van der Waals surface area contributed by atoms with Crippen LogP contribution in [0.2, 0.25) is 0 Å². The van der Waals surface area contributed by atoms with Crippen molar-refractivity contribution in [1.82, 2.24) is 5.43 Å². The molecule has 0 spiro atoms. The quantitative estimate of drug-likeness (QED) is 0.460. The molecule has 0 aliphatic heterocycles. The lowest BCUT2D eigenvalue weighted by Crippen LogP contribution is -2.25. The number of carbonyl (C=O) groups is 1. The van der Waals surface area contributed by atoms with Crippen molar-refractivity contribution < 1.29 is 14.3 Å². The first-order chi connectivity index (χ1) is 12.3.